The Morgan fingerprint density at radius 3 is 2.23 bits per heavy atom. The lowest BCUT2D eigenvalue weighted by atomic mass is 9.82. The highest BCUT2D eigenvalue weighted by Gasteiger charge is 2.51. The average Bonchev–Trinajstić information content (AvgIpc) is 2.29. The van der Waals surface area contributed by atoms with Crippen molar-refractivity contribution in [1.29, 1.82) is 0 Å². The Hall–Kier alpha value is -0.160. The van der Waals surface area contributed by atoms with Crippen LogP contribution in [-0.4, -0.2) is 46.3 Å². The molecule has 1 fully saturated rings. The van der Waals surface area contributed by atoms with E-state index in [1.54, 1.807) is 0 Å². The molecule has 0 aromatic heterocycles. The molecular weight excluding hydrogens is 172 g/mol. The Morgan fingerprint density at radius 1 is 1.46 bits per heavy atom. The second-order valence-corrected chi connectivity index (χ2v) is 4.80. The number of aliphatic hydroxyl groups excluding tert-OH is 2. The summed E-state index contributed by atoms with van der Waals surface area (Å²) in [6.07, 6.45) is -1.44. The smallest absolute Gasteiger partial charge is 0.139 e. The van der Waals surface area contributed by atoms with Crippen molar-refractivity contribution in [2.75, 3.05) is 13.2 Å². The fraction of sp³-hybridized carbons (Fsp3) is 1.00. The molecule has 78 valence electrons. The molecule has 0 aromatic rings. The summed E-state index contributed by atoms with van der Waals surface area (Å²) in [4.78, 5) is 0. The minimum atomic E-state index is -1.49. The highest BCUT2D eigenvalue weighted by Crippen LogP contribution is 2.35. The second-order valence-electron chi connectivity index (χ2n) is 4.80. The highest BCUT2D eigenvalue weighted by atomic mass is 16.5. The fourth-order valence-corrected chi connectivity index (χ4v) is 1.56. The minimum Gasteiger partial charge on any atom is -0.393 e. The molecule has 1 unspecified atom stereocenters. The molecule has 1 rings (SSSR count). The molecule has 0 amide bonds. The standard InChI is InChI=1S/C9H18O4/c1-8(2,3)7-6(11)9(12,4-10)5-13-7/h6-7,10-12H,4-5H2,1-3H3/t6-,7-,9?/m1/s1. The van der Waals surface area contributed by atoms with Crippen molar-refractivity contribution in [1.82, 2.24) is 0 Å². The molecule has 0 aromatic carbocycles. The van der Waals surface area contributed by atoms with Crippen molar-refractivity contribution >= 4 is 0 Å². The van der Waals surface area contributed by atoms with Gasteiger partial charge in [-0.1, -0.05) is 20.8 Å². The van der Waals surface area contributed by atoms with Gasteiger partial charge in [0.15, 0.2) is 0 Å². The van der Waals surface area contributed by atoms with E-state index in [1.165, 1.54) is 0 Å². The zero-order chi connectivity index (χ0) is 10.3. The summed E-state index contributed by atoms with van der Waals surface area (Å²) in [5, 5.41) is 28.3. The summed E-state index contributed by atoms with van der Waals surface area (Å²) >= 11 is 0. The number of aliphatic hydroxyl groups is 3. The normalized spacial score (nSPS) is 41.1. The molecule has 1 heterocycles. The van der Waals surface area contributed by atoms with E-state index in [1.807, 2.05) is 20.8 Å². The predicted octanol–water partition coefficient (Wildman–Crippen LogP) is -0.484. The molecule has 1 aliphatic heterocycles. The molecule has 0 saturated carbocycles. The van der Waals surface area contributed by atoms with Crippen LogP contribution in [0.5, 0.6) is 0 Å². The summed E-state index contributed by atoms with van der Waals surface area (Å²) in [6.45, 7) is 5.28. The summed E-state index contributed by atoms with van der Waals surface area (Å²) in [6, 6.07) is 0. The molecule has 0 spiro atoms. The van der Waals surface area contributed by atoms with Crippen molar-refractivity contribution in [3.05, 3.63) is 0 Å². The Morgan fingerprint density at radius 2 is 2.00 bits per heavy atom. The zero-order valence-electron chi connectivity index (χ0n) is 8.32. The van der Waals surface area contributed by atoms with Crippen LogP contribution < -0.4 is 0 Å². The van der Waals surface area contributed by atoms with Crippen LogP contribution >= 0.6 is 0 Å². The number of hydrogen-bond acceptors (Lipinski definition) is 4. The lowest BCUT2D eigenvalue weighted by Crippen LogP contribution is -2.49. The van der Waals surface area contributed by atoms with Gasteiger partial charge in [-0.05, 0) is 5.41 Å². The van der Waals surface area contributed by atoms with E-state index in [4.69, 9.17) is 9.84 Å². The SMILES string of the molecule is CC(C)(C)[C@@H]1OCC(O)(CO)[C@@H]1O. The first-order valence-electron chi connectivity index (χ1n) is 4.44. The first-order chi connectivity index (χ1) is 5.81. The largest absolute Gasteiger partial charge is 0.393 e. The fourth-order valence-electron chi connectivity index (χ4n) is 1.56. The van der Waals surface area contributed by atoms with Gasteiger partial charge in [0.25, 0.3) is 0 Å². The van der Waals surface area contributed by atoms with Crippen LogP contribution in [0.2, 0.25) is 0 Å². The second kappa shape index (κ2) is 3.20. The predicted molar refractivity (Wildman–Crippen MR) is 47.2 cm³/mol. The molecule has 1 saturated heterocycles. The van der Waals surface area contributed by atoms with Gasteiger partial charge in [0, 0.05) is 0 Å². The monoisotopic (exact) mass is 190 g/mol. The van der Waals surface area contributed by atoms with Gasteiger partial charge in [0.1, 0.15) is 11.7 Å². The topological polar surface area (TPSA) is 69.9 Å². The summed E-state index contributed by atoms with van der Waals surface area (Å²) in [7, 11) is 0. The van der Waals surface area contributed by atoms with Crippen LogP contribution in [0, 0.1) is 5.41 Å². The first kappa shape index (κ1) is 10.9. The molecule has 0 bridgehead atoms. The summed E-state index contributed by atoms with van der Waals surface area (Å²) in [5.74, 6) is 0. The minimum absolute atomic E-state index is 0.00734. The lowest BCUT2D eigenvalue weighted by Gasteiger charge is -2.31. The molecule has 0 radical (unpaired) electrons. The van der Waals surface area contributed by atoms with Gasteiger partial charge in [0.05, 0.1) is 19.3 Å². The third-order valence-corrected chi connectivity index (χ3v) is 2.48. The van der Waals surface area contributed by atoms with Crippen LogP contribution in [-0.2, 0) is 4.74 Å². The van der Waals surface area contributed by atoms with Gasteiger partial charge in [-0.2, -0.15) is 0 Å². The number of ether oxygens (including phenoxy) is 1. The Bertz CT molecular complexity index is 187. The van der Waals surface area contributed by atoms with E-state index in [0.29, 0.717) is 0 Å². The quantitative estimate of drug-likeness (QED) is 0.522. The first-order valence-corrected chi connectivity index (χ1v) is 4.44. The van der Waals surface area contributed by atoms with Gasteiger partial charge < -0.3 is 20.1 Å². The summed E-state index contributed by atoms with van der Waals surface area (Å²) in [5.41, 5.74) is -1.73. The average molecular weight is 190 g/mol. The molecule has 1 aliphatic rings. The molecular formula is C9H18O4. The third-order valence-electron chi connectivity index (χ3n) is 2.48. The maximum Gasteiger partial charge on any atom is 0.139 e. The van der Waals surface area contributed by atoms with Gasteiger partial charge >= 0.3 is 0 Å². The van der Waals surface area contributed by atoms with Gasteiger partial charge in [-0.15, -0.1) is 0 Å². The highest BCUT2D eigenvalue weighted by molar-refractivity contribution is 5.00. The molecule has 0 aliphatic carbocycles. The molecule has 4 nitrogen and oxygen atoms in total. The maximum absolute atomic E-state index is 9.71. The van der Waals surface area contributed by atoms with Crippen LogP contribution in [0.3, 0.4) is 0 Å². The molecule has 4 heteroatoms. The van der Waals surface area contributed by atoms with Crippen molar-refractivity contribution in [3.63, 3.8) is 0 Å². The molecule has 13 heavy (non-hydrogen) atoms. The molecule has 3 N–H and O–H groups in total. The molecule has 3 atom stereocenters. The van der Waals surface area contributed by atoms with Crippen LogP contribution in [0.4, 0.5) is 0 Å². The van der Waals surface area contributed by atoms with E-state index < -0.39 is 24.4 Å². The van der Waals surface area contributed by atoms with Gasteiger partial charge in [0.2, 0.25) is 0 Å². The van der Waals surface area contributed by atoms with Gasteiger partial charge in [-0.3, -0.25) is 0 Å². The van der Waals surface area contributed by atoms with E-state index in [2.05, 4.69) is 0 Å². The third kappa shape index (κ3) is 1.86. The zero-order valence-corrected chi connectivity index (χ0v) is 8.32. The lowest BCUT2D eigenvalue weighted by molar-refractivity contribution is -0.0900. The van der Waals surface area contributed by atoms with Crippen molar-refractivity contribution in [3.8, 4) is 0 Å². The Balaban J connectivity index is 2.76. The van der Waals surface area contributed by atoms with E-state index in [9.17, 15) is 10.2 Å². The number of hydrogen-bond donors (Lipinski definition) is 3. The maximum atomic E-state index is 9.71. The summed E-state index contributed by atoms with van der Waals surface area (Å²) < 4.78 is 5.28. The Labute approximate surface area is 78.1 Å². The van der Waals surface area contributed by atoms with E-state index in [0.717, 1.165) is 0 Å². The number of rotatable bonds is 1. The van der Waals surface area contributed by atoms with Crippen molar-refractivity contribution < 1.29 is 20.1 Å². The van der Waals surface area contributed by atoms with Crippen molar-refractivity contribution in [2.24, 2.45) is 5.41 Å². The van der Waals surface area contributed by atoms with Gasteiger partial charge in [-0.25, -0.2) is 0 Å². The van der Waals surface area contributed by atoms with Crippen molar-refractivity contribution in [2.45, 2.75) is 38.6 Å². The van der Waals surface area contributed by atoms with Crippen LogP contribution in [0.15, 0.2) is 0 Å². The van der Waals surface area contributed by atoms with Crippen LogP contribution in [0.1, 0.15) is 20.8 Å². The van der Waals surface area contributed by atoms with E-state index in [-0.39, 0.29) is 12.0 Å². The van der Waals surface area contributed by atoms with E-state index >= 15 is 0 Å². The van der Waals surface area contributed by atoms with Crippen LogP contribution in [0.25, 0.3) is 0 Å². The Kier molecular flexibility index (Phi) is 2.69.